The van der Waals surface area contributed by atoms with Crippen molar-refractivity contribution in [3.63, 3.8) is 0 Å². The van der Waals surface area contributed by atoms with Crippen LogP contribution in [-0.2, 0) is 4.74 Å². The van der Waals surface area contributed by atoms with Crippen LogP contribution in [0.1, 0.15) is 26.2 Å². The summed E-state index contributed by atoms with van der Waals surface area (Å²) in [6.07, 6.45) is 4.19. The van der Waals surface area contributed by atoms with Gasteiger partial charge in [-0.1, -0.05) is 6.92 Å². The van der Waals surface area contributed by atoms with Crippen LogP contribution in [0, 0.1) is 11.8 Å². The quantitative estimate of drug-likeness (QED) is 0.693. The van der Waals surface area contributed by atoms with Gasteiger partial charge in [-0.2, -0.15) is 0 Å². The van der Waals surface area contributed by atoms with Crippen LogP contribution in [0.4, 0.5) is 0 Å². The van der Waals surface area contributed by atoms with E-state index >= 15 is 0 Å². The lowest BCUT2D eigenvalue weighted by Gasteiger charge is -2.32. The van der Waals surface area contributed by atoms with Gasteiger partial charge in [0.15, 0.2) is 0 Å². The molecule has 14 heavy (non-hydrogen) atoms. The average Bonchev–Trinajstić information content (AvgIpc) is 2.23. The van der Waals surface area contributed by atoms with E-state index < -0.39 is 0 Å². The minimum atomic E-state index is 0.316. The van der Waals surface area contributed by atoms with Crippen molar-refractivity contribution in [1.82, 2.24) is 10.6 Å². The Hall–Kier alpha value is -0.120. The third-order valence-corrected chi connectivity index (χ3v) is 3.22. The lowest BCUT2D eigenvalue weighted by atomic mass is 9.95. The predicted octanol–water partition coefficient (Wildman–Crippen LogP) is 0.958. The van der Waals surface area contributed by atoms with Gasteiger partial charge in [0.1, 0.15) is 6.23 Å². The summed E-state index contributed by atoms with van der Waals surface area (Å²) in [5.74, 6) is 1.49. The Balaban J connectivity index is 1.68. The van der Waals surface area contributed by atoms with Crippen molar-refractivity contribution in [3.8, 4) is 0 Å². The monoisotopic (exact) mass is 198 g/mol. The minimum absolute atomic E-state index is 0.316. The van der Waals surface area contributed by atoms with Crippen molar-refractivity contribution >= 4 is 0 Å². The summed E-state index contributed by atoms with van der Waals surface area (Å²) in [5, 5.41) is 6.92. The maximum absolute atomic E-state index is 5.75. The Morgan fingerprint density at radius 3 is 2.93 bits per heavy atom. The van der Waals surface area contributed by atoms with E-state index in [1.165, 1.54) is 32.4 Å². The summed E-state index contributed by atoms with van der Waals surface area (Å²) >= 11 is 0. The van der Waals surface area contributed by atoms with E-state index in [9.17, 15) is 0 Å². The highest BCUT2D eigenvalue weighted by Gasteiger charge is 2.22. The van der Waals surface area contributed by atoms with Crippen LogP contribution in [0.25, 0.3) is 0 Å². The Morgan fingerprint density at radius 1 is 1.36 bits per heavy atom. The molecule has 0 aromatic heterocycles. The zero-order valence-electron chi connectivity index (χ0n) is 9.09. The van der Waals surface area contributed by atoms with Crippen molar-refractivity contribution < 1.29 is 4.74 Å². The number of nitrogens with one attached hydrogen (secondary N) is 2. The second-order valence-electron chi connectivity index (χ2n) is 4.78. The first kappa shape index (κ1) is 10.4. The summed E-state index contributed by atoms with van der Waals surface area (Å²) < 4.78 is 5.75. The molecule has 3 nitrogen and oxygen atoms in total. The SMILES string of the molecule is CC1CNC(CC2CCCNC2)OC1. The molecule has 2 N–H and O–H groups in total. The molecule has 0 aromatic rings. The van der Waals surface area contributed by atoms with Crippen molar-refractivity contribution in [3.05, 3.63) is 0 Å². The molecule has 2 aliphatic rings. The molecule has 2 fully saturated rings. The van der Waals surface area contributed by atoms with Gasteiger partial charge in [0.25, 0.3) is 0 Å². The Kier molecular flexibility index (Phi) is 3.79. The molecule has 2 aliphatic heterocycles. The summed E-state index contributed by atoms with van der Waals surface area (Å²) in [4.78, 5) is 0. The molecule has 0 aromatic carbocycles. The first-order valence-electron chi connectivity index (χ1n) is 5.90. The molecule has 0 spiro atoms. The van der Waals surface area contributed by atoms with Crippen LogP contribution in [0.5, 0.6) is 0 Å². The topological polar surface area (TPSA) is 33.3 Å². The Bertz CT molecular complexity index is 161. The molecule has 0 aliphatic carbocycles. The first-order valence-corrected chi connectivity index (χ1v) is 5.90. The van der Waals surface area contributed by atoms with E-state index in [0.29, 0.717) is 12.1 Å². The number of ether oxygens (including phenoxy) is 1. The third kappa shape index (κ3) is 2.94. The molecule has 2 saturated heterocycles. The average molecular weight is 198 g/mol. The van der Waals surface area contributed by atoms with E-state index in [1.54, 1.807) is 0 Å². The fourth-order valence-electron chi connectivity index (χ4n) is 2.31. The van der Waals surface area contributed by atoms with Gasteiger partial charge in [-0.05, 0) is 44.2 Å². The number of piperidine rings is 1. The predicted molar refractivity (Wildman–Crippen MR) is 57.1 cm³/mol. The highest BCUT2D eigenvalue weighted by Crippen LogP contribution is 2.18. The normalized spacial score (nSPS) is 39.6. The zero-order valence-corrected chi connectivity index (χ0v) is 9.09. The van der Waals surface area contributed by atoms with Crippen LogP contribution in [0.15, 0.2) is 0 Å². The molecule has 82 valence electrons. The van der Waals surface area contributed by atoms with Gasteiger partial charge in [0.2, 0.25) is 0 Å². The molecule has 3 atom stereocenters. The second kappa shape index (κ2) is 5.10. The fraction of sp³-hybridized carbons (Fsp3) is 1.00. The Labute approximate surface area is 86.6 Å². The maximum atomic E-state index is 5.75. The van der Waals surface area contributed by atoms with Gasteiger partial charge in [0.05, 0.1) is 6.61 Å². The second-order valence-corrected chi connectivity index (χ2v) is 4.78. The fourth-order valence-corrected chi connectivity index (χ4v) is 2.31. The van der Waals surface area contributed by atoms with Crippen LogP contribution in [-0.4, -0.2) is 32.5 Å². The molecular formula is C11H22N2O. The van der Waals surface area contributed by atoms with E-state index in [4.69, 9.17) is 4.74 Å². The molecule has 3 heteroatoms. The number of hydrogen-bond acceptors (Lipinski definition) is 3. The van der Waals surface area contributed by atoms with Gasteiger partial charge in [0, 0.05) is 6.54 Å². The molecular weight excluding hydrogens is 176 g/mol. The lowest BCUT2D eigenvalue weighted by molar-refractivity contribution is -0.0373. The van der Waals surface area contributed by atoms with E-state index in [2.05, 4.69) is 17.6 Å². The number of hydrogen-bond donors (Lipinski definition) is 2. The number of rotatable bonds is 2. The van der Waals surface area contributed by atoms with Crippen molar-refractivity contribution in [2.45, 2.75) is 32.4 Å². The lowest BCUT2D eigenvalue weighted by Crippen LogP contribution is -2.45. The summed E-state index contributed by atoms with van der Waals surface area (Å²) in [6.45, 7) is 6.65. The van der Waals surface area contributed by atoms with Gasteiger partial charge < -0.3 is 10.1 Å². The van der Waals surface area contributed by atoms with Gasteiger partial charge in [-0.3, -0.25) is 5.32 Å². The summed E-state index contributed by atoms with van der Waals surface area (Å²) in [6, 6.07) is 0. The minimum Gasteiger partial charge on any atom is -0.363 e. The van der Waals surface area contributed by atoms with E-state index in [1.807, 2.05) is 0 Å². The third-order valence-electron chi connectivity index (χ3n) is 3.22. The van der Waals surface area contributed by atoms with Crippen molar-refractivity contribution in [1.29, 1.82) is 0 Å². The standard InChI is InChI=1S/C11H22N2O/c1-9-6-13-11(14-8-9)5-10-3-2-4-12-7-10/h9-13H,2-8H2,1H3. The largest absolute Gasteiger partial charge is 0.363 e. The highest BCUT2D eigenvalue weighted by atomic mass is 16.5. The summed E-state index contributed by atoms with van der Waals surface area (Å²) in [5.41, 5.74) is 0. The Morgan fingerprint density at radius 2 is 2.29 bits per heavy atom. The van der Waals surface area contributed by atoms with Crippen LogP contribution < -0.4 is 10.6 Å². The summed E-state index contributed by atoms with van der Waals surface area (Å²) in [7, 11) is 0. The van der Waals surface area contributed by atoms with Crippen LogP contribution >= 0.6 is 0 Å². The smallest absolute Gasteiger partial charge is 0.108 e. The molecule has 0 saturated carbocycles. The molecule has 2 heterocycles. The van der Waals surface area contributed by atoms with Crippen molar-refractivity contribution in [2.75, 3.05) is 26.2 Å². The first-order chi connectivity index (χ1) is 6.84. The van der Waals surface area contributed by atoms with Crippen LogP contribution in [0.3, 0.4) is 0 Å². The van der Waals surface area contributed by atoms with Crippen molar-refractivity contribution in [2.24, 2.45) is 11.8 Å². The highest BCUT2D eigenvalue weighted by molar-refractivity contribution is 4.75. The molecule has 3 unspecified atom stereocenters. The van der Waals surface area contributed by atoms with E-state index in [0.717, 1.165) is 19.1 Å². The zero-order chi connectivity index (χ0) is 9.80. The molecule has 0 radical (unpaired) electrons. The van der Waals surface area contributed by atoms with Crippen LogP contribution in [0.2, 0.25) is 0 Å². The molecule has 2 rings (SSSR count). The van der Waals surface area contributed by atoms with Gasteiger partial charge in [-0.15, -0.1) is 0 Å². The molecule has 0 amide bonds. The molecule has 0 bridgehead atoms. The van der Waals surface area contributed by atoms with E-state index in [-0.39, 0.29) is 0 Å². The van der Waals surface area contributed by atoms with Gasteiger partial charge in [-0.25, -0.2) is 0 Å². The maximum Gasteiger partial charge on any atom is 0.108 e. The van der Waals surface area contributed by atoms with Gasteiger partial charge >= 0.3 is 0 Å².